The number of benzene rings is 2. The summed E-state index contributed by atoms with van der Waals surface area (Å²) in [5.74, 6) is -0.0977. The number of aryl methyl sites for hydroxylation is 1. The van der Waals surface area contributed by atoms with Crippen molar-refractivity contribution in [3.05, 3.63) is 64.1 Å². The number of halogens is 1. The van der Waals surface area contributed by atoms with E-state index in [4.69, 9.17) is 5.73 Å². The molecule has 2 aromatic rings. The molecule has 0 spiro atoms. The Morgan fingerprint density at radius 3 is 2.30 bits per heavy atom. The molecule has 0 saturated carbocycles. The van der Waals surface area contributed by atoms with Gasteiger partial charge in [-0.25, -0.2) is 8.42 Å². The van der Waals surface area contributed by atoms with Crippen molar-refractivity contribution in [2.45, 2.75) is 17.9 Å². The fourth-order valence-electron chi connectivity index (χ4n) is 2.07. The number of hydrogen-bond donors (Lipinski definition) is 1. The third-order valence-corrected chi connectivity index (χ3v) is 5.48. The van der Waals surface area contributed by atoms with Gasteiger partial charge in [0.05, 0.1) is 10.6 Å². The summed E-state index contributed by atoms with van der Waals surface area (Å²) in [6, 6.07) is 13.7. The summed E-state index contributed by atoms with van der Waals surface area (Å²) in [6.07, 6.45) is 0. The molecular formula is C15H16BrNO2S. The maximum atomic E-state index is 12.3. The summed E-state index contributed by atoms with van der Waals surface area (Å²) >= 11 is 3.29. The molecule has 1 atom stereocenters. The van der Waals surface area contributed by atoms with E-state index < -0.39 is 15.9 Å². The van der Waals surface area contributed by atoms with Gasteiger partial charge in [0.15, 0.2) is 9.84 Å². The molecule has 3 nitrogen and oxygen atoms in total. The van der Waals surface area contributed by atoms with Gasteiger partial charge in [-0.1, -0.05) is 40.2 Å². The molecular weight excluding hydrogens is 338 g/mol. The summed E-state index contributed by atoms with van der Waals surface area (Å²) in [4.78, 5) is 0.296. The second-order valence-corrected chi connectivity index (χ2v) is 7.65. The Morgan fingerprint density at radius 1 is 1.10 bits per heavy atom. The van der Waals surface area contributed by atoms with Crippen LogP contribution < -0.4 is 5.73 Å². The third kappa shape index (κ3) is 3.48. The minimum atomic E-state index is -3.39. The van der Waals surface area contributed by atoms with Gasteiger partial charge in [-0.2, -0.15) is 0 Å². The molecule has 0 amide bonds. The van der Waals surface area contributed by atoms with Crippen molar-refractivity contribution < 1.29 is 8.42 Å². The van der Waals surface area contributed by atoms with Gasteiger partial charge in [-0.15, -0.1) is 0 Å². The van der Waals surface area contributed by atoms with Crippen molar-refractivity contribution in [3.8, 4) is 0 Å². The van der Waals surface area contributed by atoms with Gasteiger partial charge in [-0.3, -0.25) is 0 Å². The van der Waals surface area contributed by atoms with E-state index >= 15 is 0 Å². The molecule has 20 heavy (non-hydrogen) atoms. The van der Waals surface area contributed by atoms with Gasteiger partial charge >= 0.3 is 0 Å². The van der Waals surface area contributed by atoms with E-state index in [-0.39, 0.29) is 5.75 Å². The standard InChI is InChI=1S/C15H16BrNO2S/c1-11-4-2-3-5-14(11)15(17)10-20(18,19)13-8-6-12(16)7-9-13/h2-9,15H,10,17H2,1H3. The van der Waals surface area contributed by atoms with Crippen molar-refractivity contribution in [2.75, 3.05) is 5.75 Å². The first-order chi connectivity index (χ1) is 9.40. The molecule has 0 aliphatic carbocycles. The lowest BCUT2D eigenvalue weighted by Crippen LogP contribution is -2.22. The van der Waals surface area contributed by atoms with Crippen LogP contribution in [0.3, 0.4) is 0 Å². The van der Waals surface area contributed by atoms with Crippen molar-refractivity contribution >= 4 is 25.8 Å². The zero-order chi connectivity index (χ0) is 14.8. The Kier molecular flexibility index (Phi) is 4.62. The van der Waals surface area contributed by atoms with E-state index in [9.17, 15) is 8.42 Å². The molecule has 2 N–H and O–H groups in total. The average Bonchev–Trinajstić information content (AvgIpc) is 2.39. The highest BCUT2D eigenvalue weighted by molar-refractivity contribution is 9.10. The van der Waals surface area contributed by atoms with Gasteiger partial charge in [0.25, 0.3) is 0 Å². The maximum Gasteiger partial charge on any atom is 0.180 e. The first-order valence-electron chi connectivity index (χ1n) is 6.19. The molecule has 0 radical (unpaired) electrons. The van der Waals surface area contributed by atoms with Crippen LogP contribution in [0.25, 0.3) is 0 Å². The van der Waals surface area contributed by atoms with Crippen molar-refractivity contribution in [1.29, 1.82) is 0 Å². The van der Waals surface area contributed by atoms with Crippen molar-refractivity contribution in [3.63, 3.8) is 0 Å². The quantitative estimate of drug-likeness (QED) is 0.917. The van der Waals surface area contributed by atoms with E-state index in [1.54, 1.807) is 24.3 Å². The Bertz CT molecular complexity index is 696. The zero-order valence-electron chi connectivity index (χ0n) is 11.1. The van der Waals surface area contributed by atoms with E-state index in [0.717, 1.165) is 15.6 Å². The van der Waals surface area contributed by atoms with Crippen molar-refractivity contribution in [2.24, 2.45) is 5.73 Å². The summed E-state index contributed by atoms with van der Waals surface area (Å²) in [7, 11) is -3.39. The highest BCUT2D eigenvalue weighted by Gasteiger charge is 2.20. The van der Waals surface area contributed by atoms with Crippen LogP contribution in [-0.4, -0.2) is 14.2 Å². The van der Waals surface area contributed by atoms with E-state index in [0.29, 0.717) is 4.90 Å². The first-order valence-corrected chi connectivity index (χ1v) is 8.64. The van der Waals surface area contributed by atoms with E-state index in [1.165, 1.54) is 0 Å². The fraction of sp³-hybridized carbons (Fsp3) is 0.200. The van der Waals surface area contributed by atoms with Crippen LogP contribution >= 0.6 is 15.9 Å². The lowest BCUT2D eigenvalue weighted by Gasteiger charge is -2.15. The van der Waals surface area contributed by atoms with Crippen LogP contribution in [0.5, 0.6) is 0 Å². The fourth-order valence-corrected chi connectivity index (χ4v) is 3.73. The highest BCUT2D eigenvalue weighted by Crippen LogP contribution is 2.22. The smallest absolute Gasteiger partial charge is 0.180 e. The molecule has 106 valence electrons. The summed E-state index contributed by atoms with van der Waals surface area (Å²) < 4.78 is 25.5. The number of hydrogen-bond acceptors (Lipinski definition) is 3. The summed E-state index contributed by atoms with van der Waals surface area (Å²) in [6.45, 7) is 1.93. The first kappa shape index (κ1) is 15.2. The molecule has 0 saturated heterocycles. The second kappa shape index (κ2) is 6.08. The zero-order valence-corrected chi connectivity index (χ0v) is 13.5. The molecule has 0 aromatic heterocycles. The lowest BCUT2D eigenvalue weighted by molar-refractivity contribution is 0.588. The highest BCUT2D eigenvalue weighted by atomic mass is 79.9. The van der Waals surface area contributed by atoms with E-state index in [1.807, 2.05) is 31.2 Å². The molecule has 2 rings (SSSR count). The topological polar surface area (TPSA) is 60.2 Å². The molecule has 5 heteroatoms. The van der Waals surface area contributed by atoms with Crippen LogP contribution in [0.4, 0.5) is 0 Å². The van der Waals surface area contributed by atoms with E-state index in [2.05, 4.69) is 15.9 Å². The van der Waals surface area contributed by atoms with Crippen molar-refractivity contribution in [1.82, 2.24) is 0 Å². The number of rotatable bonds is 4. The van der Waals surface area contributed by atoms with Crippen LogP contribution in [-0.2, 0) is 9.84 Å². The summed E-state index contributed by atoms with van der Waals surface area (Å²) in [5.41, 5.74) is 7.94. The Balaban J connectivity index is 2.24. The summed E-state index contributed by atoms with van der Waals surface area (Å²) in [5, 5.41) is 0. The van der Waals surface area contributed by atoms with Gasteiger partial charge in [0.1, 0.15) is 0 Å². The Hall–Kier alpha value is -1.17. The van der Waals surface area contributed by atoms with Crippen LogP contribution in [0.1, 0.15) is 17.2 Å². The molecule has 0 aliphatic heterocycles. The maximum absolute atomic E-state index is 12.3. The van der Waals surface area contributed by atoms with Gasteiger partial charge in [-0.05, 0) is 42.3 Å². The molecule has 2 aromatic carbocycles. The normalized spacial score (nSPS) is 13.2. The third-order valence-electron chi connectivity index (χ3n) is 3.16. The van der Waals surface area contributed by atoms with Gasteiger partial charge < -0.3 is 5.73 Å². The lowest BCUT2D eigenvalue weighted by atomic mass is 10.0. The number of nitrogens with two attached hydrogens (primary N) is 1. The average molecular weight is 354 g/mol. The number of sulfone groups is 1. The minimum absolute atomic E-state index is 0.0977. The Labute approximate surface area is 127 Å². The molecule has 0 bridgehead atoms. The minimum Gasteiger partial charge on any atom is -0.323 e. The molecule has 0 heterocycles. The molecule has 0 fully saturated rings. The SMILES string of the molecule is Cc1ccccc1C(N)CS(=O)(=O)c1ccc(Br)cc1. The van der Waals surface area contributed by atoms with Gasteiger partial charge in [0, 0.05) is 10.5 Å². The predicted molar refractivity (Wildman–Crippen MR) is 84.3 cm³/mol. The molecule has 0 aliphatic rings. The predicted octanol–water partition coefficient (Wildman–Crippen LogP) is 3.23. The van der Waals surface area contributed by atoms with Crippen LogP contribution in [0, 0.1) is 6.92 Å². The Morgan fingerprint density at radius 2 is 1.70 bits per heavy atom. The van der Waals surface area contributed by atoms with Gasteiger partial charge in [0.2, 0.25) is 0 Å². The van der Waals surface area contributed by atoms with Crippen LogP contribution in [0.2, 0.25) is 0 Å². The van der Waals surface area contributed by atoms with Crippen LogP contribution in [0.15, 0.2) is 57.9 Å². The molecule has 1 unspecified atom stereocenters. The monoisotopic (exact) mass is 353 g/mol. The second-order valence-electron chi connectivity index (χ2n) is 4.70. The largest absolute Gasteiger partial charge is 0.323 e.